The summed E-state index contributed by atoms with van der Waals surface area (Å²) in [5.74, 6) is 2.65. The lowest BCUT2D eigenvalue weighted by atomic mass is 10.1. The molecule has 2 aromatic carbocycles. The Balaban J connectivity index is 1.44. The number of thioether (sulfide) groups is 1. The molecule has 3 aromatic rings. The number of nitrogens with one attached hydrogen (secondary N) is 1. The molecule has 0 atom stereocenters. The Morgan fingerprint density at radius 2 is 2.12 bits per heavy atom. The molecule has 0 aliphatic carbocycles. The van der Waals surface area contributed by atoms with Crippen molar-refractivity contribution in [1.29, 1.82) is 5.26 Å². The Kier molecular flexibility index (Phi) is 7.51. The van der Waals surface area contributed by atoms with Gasteiger partial charge in [-0.15, -0.1) is 0 Å². The van der Waals surface area contributed by atoms with E-state index in [-0.39, 0.29) is 12.4 Å². The average molecular weight is 497 g/mol. The molecule has 0 saturated carbocycles. The maximum Gasteiger partial charge on any atom is 0.268 e. The highest BCUT2D eigenvalue weighted by Gasteiger charge is 2.15. The summed E-state index contributed by atoms with van der Waals surface area (Å²) >= 11 is 2.54. The second-order valence-corrected chi connectivity index (χ2v) is 8.81. The number of nitrogens with zero attached hydrogens (tertiary/aromatic N) is 3. The van der Waals surface area contributed by atoms with Crippen LogP contribution in [0.5, 0.6) is 23.0 Å². The van der Waals surface area contributed by atoms with Crippen molar-refractivity contribution in [2.45, 2.75) is 18.7 Å². The summed E-state index contributed by atoms with van der Waals surface area (Å²) in [6, 6.07) is 12.7. The number of aromatic nitrogens is 2. The second-order valence-electron chi connectivity index (χ2n) is 6.83. The third-order valence-electron chi connectivity index (χ3n) is 4.60. The van der Waals surface area contributed by atoms with Crippen molar-refractivity contribution in [2.24, 2.45) is 0 Å². The number of carbonyl (C=O) groups excluding carboxylic acids is 1. The van der Waals surface area contributed by atoms with E-state index in [1.54, 1.807) is 18.2 Å². The highest BCUT2D eigenvalue weighted by molar-refractivity contribution is 7.99. The minimum Gasteiger partial charge on any atom is -0.493 e. The van der Waals surface area contributed by atoms with E-state index < -0.39 is 5.91 Å². The Labute approximate surface area is 204 Å². The number of fused-ring (bicyclic) bond motifs is 1. The predicted octanol–water partition coefficient (Wildman–Crippen LogP) is 4.51. The molecule has 1 aliphatic rings. The molecule has 0 fully saturated rings. The van der Waals surface area contributed by atoms with Gasteiger partial charge < -0.3 is 18.9 Å². The first kappa shape index (κ1) is 23.4. The average Bonchev–Trinajstić information content (AvgIpc) is 3.50. The lowest BCUT2D eigenvalue weighted by molar-refractivity contribution is -0.112. The number of amides is 1. The largest absolute Gasteiger partial charge is 0.493 e. The van der Waals surface area contributed by atoms with E-state index in [1.165, 1.54) is 24.9 Å². The number of nitriles is 1. The van der Waals surface area contributed by atoms with Crippen LogP contribution in [0.15, 0.2) is 47.1 Å². The zero-order valence-electron chi connectivity index (χ0n) is 18.4. The van der Waals surface area contributed by atoms with Crippen LogP contribution in [0.2, 0.25) is 0 Å². The van der Waals surface area contributed by atoms with Gasteiger partial charge in [0.2, 0.25) is 17.1 Å². The summed E-state index contributed by atoms with van der Waals surface area (Å²) < 4.78 is 26.2. The highest BCUT2D eigenvalue weighted by atomic mass is 32.2. The van der Waals surface area contributed by atoms with Gasteiger partial charge in [-0.2, -0.15) is 14.6 Å². The normalized spacial score (nSPS) is 12.2. The maximum atomic E-state index is 12.5. The molecule has 0 saturated heterocycles. The molecule has 174 valence electrons. The van der Waals surface area contributed by atoms with Crippen LogP contribution in [-0.4, -0.2) is 34.9 Å². The van der Waals surface area contributed by atoms with Crippen LogP contribution in [0, 0.1) is 11.3 Å². The molecule has 2 heterocycles. The first-order chi connectivity index (χ1) is 16.6. The van der Waals surface area contributed by atoms with E-state index in [9.17, 15) is 10.1 Å². The summed E-state index contributed by atoms with van der Waals surface area (Å²) in [7, 11) is 1.52. The zero-order valence-corrected chi connectivity index (χ0v) is 20.0. The maximum absolute atomic E-state index is 12.5. The van der Waals surface area contributed by atoms with Gasteiger partial charge in [-0.1, -0.05) is 30.8 Å². The number of hydrogen-bond acceptors (Lipinski definition) is 10. The van der Waals surface area contributed by atoms with Gasteiger partial charge in [0.1, 0.15) is 18.2 Å². The van der Waals surface area contributed by atoms with E-state index in [4.69, 9.17) is 18.9 Å². The van der Waals surface area contributed by atoms with Crippen molar-refractivity contribution in [1.82, 2.24) is 9.36 Å². The van der Waals surface area contributed by atoms with Gasteiger partial charge in [0.15, 0.2) is 23.0 Å². The third-order valence-corrected chi connectivity index (χ3v) is 6.07. The van der Waals surface area contributed by atoms with Crippen molar-refractivity contribution in [2.75, 3.05) is 25.0 Å². The van der Waals surface area contributed by atoms with Crippen molar-refractivity contribution in [3.05, 3.63) is 53.1 Å². The predicted molar refractivity (Wildman–Crippen MR) is 128 cm³/mol. The number of rotatable bonds is 9. The molecule has 4 rings (SSSR count). The van der Waals surface area contributed by atoms with Crippen LogP contribution in [0.25, 0.3) is 6.08 Å². The Hall–Kier alpha value is -3.75. The number of hydrogen-bond donors (Lipinski definition) is 1. The second kappa shape index (κ2) is 10.9. The third kappa shape index (κ3) is 5.59. The molecule has 11 heteroatoms. The SMILES string of the molecule is CCSc1nsc(NC(=O)/C(C#N)=C\c2ccc(OCc3ccc4c(c3)OCO4)c(OC)c2)n1. The molecule has 0 spiro atoms. The first-order valence-electron chi connectivity index (χ1n) is 10.2. The van der Waals surface area contributed by atoms with Crippen LogP contribution in [0.4, 0.5) is 5.13 Å². The first-order valence-corrected chi connectivity index (χ1v) is 11.9. The molecule has 1 amide bonds. The Morgan fingerprint density at radius 1 is 1.26 bits per heavy atom. The van der Waals surface area contributed by atoms with Crippen molar-refractivity contribution >= 4 is 40.4 Å². The van der Waals surface area contributed by atoms with E-state index in [0.29, 0.717) is 45.5 Å². The van der Waals surface area contributed by atoms with Gasteiger partial charge in [-0.05, 0) is 47.2 Å². The fourth-order valence-electron chi connectivity index (χ4n) is 3.01. The number of benzene rings is 2. The number of anilines is 1. The van der Waals surface area contributed by atoms with E-state index >= 15 is 0 Å². The van der Waals surface area contributed by atoms with Crippen molar-refractivity contribution in [3.63, 3.8) is 0 Å². The van der Waals surface area contributed by atoms with E-state index in [1.807, 2.05) is 31.2 Å². The molecule has 34 heavy (non-hydrogen) atoms. The van der Waals surface area contributed by atoms with E-state index in [0.717, 1.165) is 22.8 Å². The summed E-state index contributed by atoms with van der Waals surface area (Å²) in [6.45, 7) is 2.50. The van der Waals surface area contributed by atoms with Gasteiger partial charge in [0.05, 0.1) is 7.11 Å². The molecular weight excluding hydrogens is 476 g/mol. The quantitative estimate of drug-likeness (QED) is 0.259. The molecular formula is C23H20N4O5S2. The molecule has 0 unspecified atom stereocenters. The standard InChI is InChI=1S/C23H20N4O5S2/c1-3-33-23-26-22(34-27-23)25-21(28)16(11-24)8-14-4-6-17(19(9-14)29-2)30-12-15-5-7-18-20(10-15)32-13-31-18/h4-10H,3,12-13H2,1-2H3,(H,25,26,27,28)/b16-8-. The Bertz CT molecular complexity index is 1270. The van der Waals surface area contributed by atoms with E-state index in [2.05, 4.69) is 14.7 Å². The topological polar surface area (TPSA) is 116 Å². The number of ether oxygens (including phenoxy) is 4. The summed E-state index contributed by atoms with van der Waals surface area (Å²) in [6.07, 6.45) is 1.47. The lowest BCUT2D eigenvalue weighted by Gasteiger charge is -2.12. The fourth-order valence-corrected chi connectivity index (χ4v) is 4.28. The molecule has 0 radical (unpaired) electrons. The minimum absolute atomic E-state index is 0.0732. The van der Waals surface area contributed by atoms with Crippen LogP contribution < -0.4 is 24.3 Å². The highest BCUT2D eigenvalue weighted by Crippen LogP contribution is 2.34. The fraction of sp³-hybridized carbons (Fsp3) is 0.217. The van der Waals surface area contributed by atoms with Crippen LogP contribution in [0.1, 0.15) is 18.1 Å². The van der Waals surface area contributed by atoms with Gasteiger partial charge in [0, 0.05) is 11.5 Å². The van der Waals surface area contributed by atoms with Crippen LogP contribution in [-0.2, 0) is 11.4 Å². The van der Waals surface area contributed by atoms with Gasteiger partial charge in [-0.25, -0.2) is 0 Å². The summed E-state index contributed by atoms with van der Waals surface area (Å²) in [5.41, 5.74) is 1.45. The minimum atomic E-state index is -0.561. The van der Waals surface area contributed by atoms with Crippen LogP contribution in [0.3, 0.4) is 0 Å². The summed E-state index contributed by atoms with van der Waals surface area (Å²) in [5, 5.41) is 13.0. The zero-order chi connectivity index (χ0) is 23.9. The summed E-state index contributed by atoms with van der Waals surface area (Å²) in [4.78, 5) is 16.7. The smallest absolute Gasteiger partial charge is 0.268 e. The monoisotopic (exact) mass is 496 g/mol. The Morgan fingerprint density at radius 3 is 2.91 bits per heavy atom. The van der Waals surface area contributed by atoms with Gasteiger partial charge in [-0.3, -0.25) is 10.1 Å². The van der Waals surface area contributed by atoms with Crippen LogP contribution >= 0.6 is 23.3 Å². The molecule has 1 aromatic heterocycles. The lowest BCUT2D eigenvalue weighted by Crippen LogP contribution is -2.13. The van der Waals surface area contributed by atoms with Gasteiger partial charge >= 0.3 is 0 Å². The van der Waals surface area contributed by atoms with Crippen molar-refractivity contribution < 1.29 is 23.7 Å². The molecule has 1 aliphatic heterocycles. The molecule has 1 N–H and O–H groups in total. The van der Waals surface area contributed by atoms with Crippen molar-refractivity contribution in [3.8, 4) is 29.1 Å². The van der Waals surface area contributed by atoms with Gasteiger partial charge in [0.25, 0.3) is 5.91 Å². The number of carbonyl (C=O) groups is 1. The number of methoxy groups -OCH3 is 1. The molecule has 0 bridgehead atoms. The molecule has 9 nitrogen and oxygen atoms in total.